The number of imidazole rings is 1. The zero-order valence-corrected chi connectivity index (χ0v) is 15.9. The summed E-state index contributed by atoms with van der Waals surface area (Å²) in [6.07, 6.45) is 6.24. The minimum Gasteiger partial charge on any atom is -0.496 e. The average Bonchev–Trinajstić information content (AvgIpc) is 3.15. The van der Waals surface area contributed by atoms with Crippen molar-refractivity contribution >= 4 is 5.57 Å². The van der Waals surface area contributed by atoms with E-state index in [4.69, 9.17) is 4.74 Å². The van der Waals surface area contributed by atoms with E-state index in [0.717, 1.165) is 43.2 Å². The third-order valence-electron chi connectivity index (χ3n) is 5.01. The van der Waals surface area contributed by atoms with E-state index in [1.807, 2.05) is 18.3 Å². The minimum atomic E-state index is 0.833. The number of aromatic amines is 1. The third-order valence-corrected chi connectivity index (χ3v) is 5.01. The summed E-state index contributed by atoms with van der Waals surface area (Å²) in [5.41, 5.74) is 6.11. The van der Waals surface area contributed by atoms with Crippen LogP contribution in [0.3, 0.4) is 0 Å². The first-order valence-corrected chi connectivity index (χ1v) is 9.37. The first-order chi connectivity index (χ1) is 13.2. The number of hydrogen-bond acceptors (Lipinski definition) is 3. The Bertz CT molecular complexity index is 943. The van der Waals surface area contributed by atoms with E-state index in [1.165, 1.54) is 22.3 Å². The number of benzene rings is 2. The molecule has 0 bridgehead atoms. The predicted molar refractivity (Wildman–Crippen MR) is 109 cm³/mol. The van der Waals surface area contributed by atoms with Crippen LogP contribution in [0.1, 0.15) is 34.6 Å². The molecule has 4 heteroatoms. The van der Waals surface area contributed by atoms with E-state index in [2.05, 4.69) is 64.4 Å². The van der Waals surface area contributed by atoms with Crippen molar-refractivity contribution < 1.29 is 4.74 Å². The molecule has 138 valence electrons. The van der Waals surface area contributed by atoms with Gasteiger partial charge in [-0.05, 0) is 37.1 Å². The molecule has 0 saturated carbocycles. The van der Waals surface area contributed by atoms with Gasteiger partial charge in [0.1, 0.15) is 11.6 Å². The molecule has 0 amide bonds. The quantitative estimate of drug-likeness (QED) is 0.708. The summed E-state index contributed by atoms with van der Waals surface area (Å²) in [5.74, 6) is 1.90. The molecule has 4 nitrogen and oxygen atoms in total. The number of ether oxygens (including phenoxy) is 1. The molecule has 0 aliphatic heterocycles. The fraction of sp³-hybridized carbons (Fsp3) is 0.261. The van der Waals surface area contributed by atoms with Gasteiger partial charge in [0.15, 0.2) is 0 Å². The maximum absolute atomic E-state index is 5.55. The van der Waals surface area contributed by atoms with Crippen LogP contribution in [-0.2, 0) is 19.5 Å². The fourth-order valence-electron chi connectivity index (χ4n) is 3.78. The van der Waals surface area contributed by atoms with E-state index in [1.54, 1.807) is 7.11 Å². The molecule has 1 aliphatic rings. The maximum atomic E-state index is 5.55. The van der Waals surface area contributed by atoms with Crippen molar-refractivity contribution in [1.82, 2.24) is 14.9 Å². The van der Waals surface area contributed by atoms with Crippen LogP contribution in [0.5, 0.6) is 5.75 Å². The Morgan fingerprint density at radius 1 is 1.07 bits per heavy atom. The van der Waals surface area contributed by atoms with E-state index in [9.17, 15) is 0 Å². The molecule has 0 fully saturated rings. The zero-order chi connectivity index (χ0) is 18.6. The number of allylic oxidation sites excluding steroid dienone is 1. The number of H-pyrrole nitrogens is 1. The summed E-state index contributed by atoms with van der Waals surface area (Å²) in [6.45, 7) is 1.75. The smallest absolute Gasteiger partial charge is 0.137 e. The van der Waals surface area contributed by atoms with Gasteiger partial charge in [0.05, 0.1) is 7.11 Å². The van der Waals surface area contributed by atoms with Gasteiger partial charge >= 0.3 is 0 Å². The number of aromatic nitrogens is 2. The Morgan fingerprint density at radius 2 is 1.93 bits per heavy atom. The fourth-order valence-corrected chi connectivity index (χ4v) is 3.78. The molecule has 0 unspecified atom stereocenters. The second kappa shape index (κ2) is 7.80. The molecule has 1 aromatic heterocycles. The molecule has 2 aromatic carbocycles. The Morgan fingerprint density at radius 3 is 2.74 bits per heavy atom. The molecule has 27 heavy (non-hydrogen) atoms. The van der Waals surface area contributed by atoms with Gasteiger partial charge in [-0.3, -0.25) is 4.90 Å². The number of nitrogens with zero attached hydrogens (tertiary/aromatic N) is 2. The Kier molecular flexibility index (Phi) is 5.07. The van der Waals surface area contributed by atoms with Crippen LogP contribution >= 0.6 is 0 Å². The van der Waals surface area contributed by atoms with Crippen molar-refractivity contribution in [1.29, 1.82) is 0 Å². The van der Waals surface area contributed by atoms with Crippen LogP contribution in [0, 0.1) is 0 Å². The molecule has 0 spiro atoms. The molecule has 1 N–H and O–H groups in total. The zero-order valence-electron chi connectivity index (χ0n) is 15.9. The van der Waals surface area contributed by atoms with Gasteiger partial charge in [0.25, 0.3) is 0 Å². The largest absolute Gasteiger partial charge is 0.496 e. The third kappa shape index (κ3) is 3.81. The van der Waals surface area contributed by atoms with Crippen LogP contribution in [0.15, 0.2) is 60.8 Å². The highest BCUT2D eigenvalue weighted by Gasteiger charge is 2.19. The number of fused-ring (bicyclic) bond motifs is 1. The van der Waals surface area contributed by atoms with Crippen LogP contribution in [0.4, 0.5) is 0 Å². The lowest BCUT2D eigenvalue weighted by atomic mass is 9.90. The van der Waals surface area contributed by atoms with E-state index in [0.29, 0.717) is 0 Å². The van der Waals surface area contributed by atoms with Crippen LogP contribution in [0.25, 0.3) is 5.57 Å². The molecule has 1 aliphatic carbocycles. The summed E-state index contributed by atoms with van der Waals surface area (Å²) in [5, 5.41) is 0. The standard InChI is InChI=1S/C23H25N3O/c1-26(15-17-8-4-3-5-9-17)16-18-14-24-23(25-18)21-12-6-11-20-19(21)10-7-13-22(20)27-2/h3-5,7-10,12-14H,6,11,15-16H2,1-2H3,(H,24,25). The first kappa shape index (κ1) is 17.6. The lowest BCUT2D eigenvalue weighted by Gasteiger charge is -2.19. The number of rotatable bonds is 6. The summed E-state index contributed by atoms with van der Waals surface area (Å²) >= 11 is 0. The van der Waals surface area contributed by atoms with Crippen molar-refractivity contribution in [2.24, 2.45) is 0 Å². The normalized spacial score (nSPS) is 13.4. The minimum absolute atomic E-state index is 0.833. The van der Waals surface area contributed by atoms with Gasteiger partial charge in [0, 0.05) is 36.1 Å². The molecule has 1 heterocycles. The molecular weight excluding hydrogens is 334 g/mol. The molecular formula is C23H25N3O. The van der Waals surface area contributed by atoms with Crippen molar-refractivity contribution in [3.8, 4) is 5.75 Å². The summed E-state index contributed by atoms with van der Waals surface area (Å²) in [6, 6.07) is 16.8. The van der Waals surface area contributed by atoms with Gasteiger partial charge in [-0.2, -0.15) is 0 Å². The topological polar surface area (TPSA) is 41.1 Å². The Balaban J connectivity index is 1.51. The number of nitrogens with one attached hydrogen (secondary N) is 1. The van der Waals surface area contributed by atoms with E-state index >= 15 is 0 Å². The number of hydrogen-bond donors (Lipinski definition) is 1. The first-order valence-electron chi connectivity index (χ1n) is 9.37. The van der Waals surface area contributed by atoms with Gasteiger partial charge in [-0.15, -0.1) is 0 Å². The highest BCUT2D eigenvalue weighted by Crippen LogP contribution is 2.35. The predicted octanol–water partition coefficient (Wildman–Crippen LogP) is 4.43. The highest BCUT2D eigenvalue weighted by molar-refractivity contribution is 5.80. The highest BCUT2D eigenvalue weighted by atomic mass is 16.5. The molecule has 0 atom stereocenters. The summed E-state index contributed by atoms with van der Waals surface area (Å²) < 4.78 is 5.55. The molecule has 0 radical (unpaired) electrons. The van der Waals surface area contributed by atoms with Crippen molar-refractivity contribution in [2.75, 3.05) is 14.2 Å². The molecule has 0 saturated heterocycles. The Labute approximate surface area is 160 Å². The van der Waals surface area contributed by atoms with Gasteiger partial charge < -0.3 is 9.72 Å². The summed E-state index contributed by atoms with van der Waals surface area (Å²) in [4.78, 5) is 10.5. The average molecular weight is 359 g/mol. The van der Waals surface area contributed by atoms with Crippen molar-refractivity contribution in [2.45, 2.75) is 25.9 Å². The van der Waals surface area contributed by atoms with Crippen LogP contribution in [-0.4, -0.2) is 29.0 Å². The lowest BCUT2D eigenvalue weighted by Crippen LogP contribution is -2.17. The van der Waals surface area contributed by atoms with E-state index in [-0.39, 0.29) is 0 Å². The SMILES string of the molecule is COc1cccc2c1CCC=C2c1ncc(CN(C)Cc2ccccc2)[nH]1. The van der Waals surface area contributed by atoms with Gasteiger partial charge in [-0.1, -0.05) is 48.5 Å². The van der Waals surface area contributed by atoms with Crippen LogP contribution in [0.2, 0.25) is 0 Å². The monoisotopic (exact) mass is 359 g/mol. The lowest BCUT2D eigenvalue weighted by molar-refractivity contribution is 0.315. The second-order valence-electron chi connectivity index (χ2n) is 7.06. The van der Waals surface area contributed by atoms with Crippen LogP contribution < -0.4 is 4.74 Å². The van der Waals surface area contributed by atoms with Gasteiger partial charge in [-0.25, -0.2) is 4.98 Å². The van der Waals surface area contributed by atoms with Crippen molar-refractivity contribution in [3.05, 3.63) is 89.0 Å². The molecule has 3 aromatic rings. The van der Waals surface area contributed by atoms with E-state index < -0.39 is 0 Å². The second-order valence-corrected chi connectivity index (χ2v) is 7.06. The Hall–Kier alpha value is -2.85. The van der Waals surface area contributed by atoms with Gasteiger partial charge in [0.2, 0.25) is 0 Å². The summed E-state index contributed by atoms with van der Waals surface area (Å²) in [7, 11) is 3.87. The molecule has 4 rings (SSSR count). The van der Waals surface area contributed by atoms with Crippen molar-refractivity contribution in [3.63, 3.8) is 0 Å². The maximum Gasteiger partial charge on any atom is 0.137 e. The number of methoxy groups -OCH3 is 1.